The van der Waals surface area contributed by atoms with Crippen LogP contribution in [0, 0.1) is 5.92 Å². The van der Waals surface area contributed by atoms with Gasteiger partial charge in [-0.25, -0.2) is 0 Å². The predicted molar refractivity (Wildman–Crippen MR) is 80.3 cm³/mol. The Morgan fingerprint density at radius 2 is 2.14 bits per heavy atom. The third-order valence-corrected chi connectivity index (χ3v) is 4.26. The van der Waals surface area contributed by atoms with Crippen molar-refractivity contribution in [3.63, 3.8) is 0 Å². The third kappa shape index (κ3) is 4.47. The van der Waals surface area contributed by atoms with Gasteiger partial charge in [0.1, 0.15) is 0 Å². The van der Waals surface area contributed by atoms with E-state index in [1.807, 2.05) is 30.5 Å². The summed E-state index contributed by atoms with van der Waals surface area (Å²) in [4.78, 5) is 24.3. The number of hydrogen-bond donors (Lipinski definition) is 2. The summed E-state index contributed by atoms with van der Waals surface area (Å²) >= 11 is 1.62. The standard InChI is InChI=1S/C15H19NO4S/c1-21-12-4-2-10(3-5-12)13(8-14(17)18)16-15(19)11-6-7-20-9-11/h2-5,11,13H,6-9H2,1H3,(H,16,19)(H,17,18). The Hall–Kier alpha value is -1.53. The molecule has 5 nitrogen and oxygen atoms in total. The lowest BCUT2D eigenvalue weighted by Crippen LogP contribution is -2.35. The van der Waals surface area contributed by atoms with Crippen LogP contribution >= 0.6 is 11.8 Å². The van der Waals surface area contributed by atoms with Crippen LogP contribution in [0.1, 0.15) is 24.4 Å². The molecule has 1 heterocycles. The van der Waals surface area contributed by atoms with Gasteiger partial charge in [-0.05, 0) is 30.4 Å². The molecule has 1 saturated heterocycles. The lowest BCUT2D eigenvalue weighted by Gasteiger charge is -2.19. The second-order valence-electron chi connectivity index (χ2n) is 4.99. The number of carbonyl (C=O) groups is 2. The van der Waals surface area contributed by atoms with Crippen LogP contribution in [-0.4, -0.2) is 36.5 Å². The molecule has 1 amide bonds. The zero-order valence-corrected chi connectivity index (χ0v) is 12.7. The molecule has 0 spiro atoms. The molecule has 1 aromatic rings. The molecule has 1 fully saturated rings. The quantitative estimate of drug-likeness (QED) is 0.787. The van der Waals surface area contributed by atoms with E-state index in [-0.39, 0.29) is 18.2 Å². The maximum atomic E-state index is 12.1. The number of rotatable bonds is 6. The van der Waals surface area contributed by atoms with E-state index >= 15 is 0 Å². The summed E-state index contributed by atoms with van der Waals surface area (Å²) in [7, 11) is 0. The Morgan fingerprint density at radius 1 is 1.43 bits per heavy atom. The normalized spacial score (nSPS) is 19.2. The van der Waals surface area contributed by atoms with Crippen molar-refractivity contribution < 1.29 is 19.4 Å². The van der Waals surface area contributed by atoms with Crippen LogP contribution in [0.5, 0.6) is 0 Å². The van der Waals surface area contributed by atoms with Gasteiger partial charge in [0.2, 0.25) is 5.91 Å². The zero-order valence-electron chi connectivity index (χ0n) is 11.9. The van der Waals surface area contributed by atoms with Crippen molar-refractivity contribution in [3.05, 3.63) is 29.8 Å². The lowest BCUT2D eigenvalue weighted by molar-refractivity contribution is -0.137. The first kappa shape index (κ1) is 15.9. The van der Waals surface area contributed by atoms with E-state index in [9.17, 15) is 9.59 Å². The lowest BCUT2D eigenvalue weighted by atomic mass is 10.0. The largest absolute Gasteiger partial charge is 0.481 e. The zero-order chi connectivity index (χ0) is 15.2. The summed E-state index contributed by atoms with van der Waals surface area (Å²) in [6.07, 6.45) is 2.54. The first-order valence-electron chi connectivity index (χ1n) is 6.84. The van der Waals surface area contributed by atoms with E-state index in [4.69, 9.17) is 9.84 Å². The van der Waals surface area contributed by atoms with E-state index in [1.165, 1.54) is 0 Å². The molecular formula is C15H19NO4S. The van der Waals surface area contributed by atoms with E-state index in [2.05, 4.69) is 5.32 Å². The summed E-state index contributed by atoms with van der Waals surface area (Å²) in [5.41, 5.74) is 0.808. The number of benzene rings is 1. The van der Waals surface area contributed by atoms with E-state index in [0.717, 1.165) is 10.5 Å². The minimum Gasteiger partial charge on any atom is -0.481 e. The average Bonchev–Trinajstić information content (AvgIpc) is 3.00. The molecule has 2 atom stereocenters. The van der Waals surface area contributed by atoms with Crippen molar-refractivity contribution in [1.29, 1.82) is 0 Å². The molecule has 2 unspecified atom stereocenters. The molecule has 2 rings (SSSR count). The molecule has 1 aliphatic heterocycles. The summed E-state index contributed by atoms with van der Waals surface area (Å²) in [6.45, 7) is 1.00. The van der Waals surface area contributed by atoms with Crippen molar-refractivity contribution in [2.75, 3.05) is 19.5 Å². The smallest absolute Gasteiger partial charge is 0.305 e. The van der Waals surface area contributed by atoms with Gasteiger partial charge in [-0.1, -0.05) is 12.1 Å². The van der Waals surface area contributed by atoms with Gasteiger partial charge >= 0.3 is 5.97 Å². The van der Waals surface area contributed by atoms with Crippen LogP contribution in [0.3, 0.4) is 0 Å². The molecule has 114 valence electrons. The Kier molecular flexibility index (Phi) is 5.64. The summed E-state index contributed by atoms with van der Waals surface area (Å²) in [5.74, 6) is -1.24. The number of thioether (sulfide) groups is 1. The number of carboxylic acids is 1. The highest BCUT2D eigenvalue weighted by Crippen LogP contribution is 2.22. The molecule has 0 saturated carbocycles. The molecule has 6 heteroatoms. The number of hydrogen-bond acceptors (Lipinski definition) is 4. The van der Waals surface area contributed by atoms with Gasteiger partial charge in [-0.15, -0.1) is 11.8 Å². The highest BCUT2D eigenvalue weighted by molar-refractivity contribution is 7.98. The number of aliphatic carboxylic acids is 1. The van der Waals surface area contributed by atoms with Crippen LogP contribution in [0.4, 0.5) is 0 Å². The van der Waals surface area contributed by atoms with Gasteiger partial charge < -0.3 is 15.2 Å². The fourth-order valence-electron chi connectivity index (χ4n) is 2.29. The van der Waals surface area contributed by atoms with Gasteiger partial charge in [-0.3, -0.25) is 9.59 Å². The Bertz CT molecular complexity index is 497. The second kappa shape index (κ2) is 7.47. The number of nitrogens with one attached hydrogen (secondary N) is 1. The van der Waals surface area contributed by atoms with Gasteiger partial charge in [0, 0.05) is 11.5 Å². The van der Waals surface area contributed by atoms with E-state index in [1.54, 1.807) is 11.8 Å². The summed E-state index contributed by atoms with van der Waals surface area (Å²) in [5, 5.41) is 11.9. The van der Waals surface area contributed by atoms with Gasteiger partial charge in [0.25, 0.3) is 0 Å². The average molecular weight is 309 g/mol. The molecule has 0 aromatic heterocycles. The Labute approximate surface area is 128 Å². The highest BCUT2D eigenvalue weighted by Gasteiger charge is 2.26. The maximum absolute atomic E-state index is 12.1. The van der Waals surface area contributed by atoms with Gasteiger partial charge in [-0.2, -0.15) is 0 Å². The first-order valence-corrected chi connectivity index (χ1v) is 8.06. The molecule has 21 heavy (non-hydrogen) atoms. The molecule has 2 N–H and O–H groups in total. The van der Waals surface area contributed by atoms with Crippen molar-refractivity contribution in [2.45, 2.75) is 23.8 Å². The Morgan fingerprint density at radius 3 is 2.67 bits per heavy atom. The number of amides is 1. The summed E-state index contributed by atoms with van der Waals surface area (Å²) < 4.78 is 5.20. The van der Waals surface area contributed by atoms with Crippen molar-refractivity contribution in [2.24, 2.45) is 5.92 Å². The van der Waals surface area contributed by atoms with Crippen molar-refractivity contribution in [1.82, 2.24) is 5.32 Å². The highest BCUT2D eigenvalue weighted by atomic mass is 32.2. The molecular weight excluding hydrogens is 290 g/mol. The van der Waals surface area contributed by atoms with Gasteiger partial charge in [0.15, 0.2) is 0 Å². The second-order valence-corrected chi connectivity index (χ2v) is 5.87. The van der Waals surface area contributed by atoms with E-state index < -0.39 is 12.0 Å². The topological polar surface area (TPSA) is 75.6 Å². The number of carboxylic acid groups (broad SMARTS) is 1. The minimum absolute atomic E-state index is 0.127. The monoisotopic (exact) mass is 309 g/mol. The molecule has 0 aliphatic carbocycles. The SMILES string of the molecule is CSc1ccc(C(CC(=O)O)NC(=O)C2CCOC2)cc1. The first-order chi connectivity index (χ1) is 10.1. The van der Waals surface area contributed by atoms with Crippen LogP contribution < -0.4 is 5.32 Å². The fraction of sp³-hybridized carbons (Fsp3) is 0.467. The molecule has 0 radical (unpaired) electrons. The van der Waals surface area contributed by atoms with E-state index in [0.29, 0.717) is 19.6 Å². The minimum atomic E-state index is -0.933. The maximum Gasteiger partial charge on any atom is 0.305 e. The van der Waals surface area contributed by atoms with Crippen molar-refractivity contribution >= 4 is 23.6 Å². The fourth-order valence-corrected chi connectivity index (χ4v) is 2.70. The van der Waals surface area contributed by atoms with Crippen LogP contribution in [0.25, 0.3) is 0 Å². The van der Waals surface area contributed by atoms with Crippen LogP contribution in [0.15, 0.2) is 29.2 Å². The van der Waals surface area contributed by atoms with Crippen molar-refractivity contribution in [3.8, 4) is 0 Å². The summed E-state index contributed by atoms with van der Waals surface area (Å²) in [6, 6.07) is 7.08. The number of ether oxygens (including phenoxy) is 1. The predicted octanol–water partition coefficient (Wildman–Crippen LogP) is 2.08. The van der Waals surface area contributed by atoms with Crippen LogP contribution in [-0.2, 0) is 14.3 Å². The molecule has 0 bridgehead atoms. The third-order valence-electron chi connectivity index (χ3n) is 3.51. The Balaban J connectivity index is 2.08. The van der Waals surface area contributed by atoms with Crippen LogP contribution in [0.2, 0.25) is 0 Å². The molecule has 1 aliphatic rings. The number of carbonyl (C=O) groups excluding carboxylic acids is 1. The van der Waals surface area contributed by atoms with Gasteiger partial charge in [0.05, 0.1) is 25.0 Å². The molecule has 1 aromatic carbocycles.